The quantitative estimate of drug-likeness (QED) is 0.158. The van der Waals surface area contributed by atoms with Crippen LogP contribution in [0.2, 0.25) is 13.1 Å². The van der Waals surface area contributed by atoms with E-state index < -0.39 is 8.07 Å². The Kier molecular flexibility index (Phi) is 6.88. The lowest BCUT2D eigenvalue weighted by atomic mass is 10.0. The van der Waals surface area contributed by atoms with Crippen LogP contribution in [0, 0.1) is 0 Å². The standard InChI is InChI=1S/C56H39N3Si/c1-60(2)52-29-15-10-23-42(52)54-49(28-16-30-53(54)60)59-47-27-14-9-22-41(47)56-51(59)34-33-50-55(56)40-21-8-13-26-46(40)58(50)44-24-11-6-19-38(44)36-31-32-48-43(35-36)39-20-7-12-25-45(39)57(48)37-17-4-3-5-18-37/h3-35H,1-2H3. The maximum Gasteiger partial charge on any atom is 0.113 e. The first-order valence-corrected chi connectivity index (χ1v) is 24.0. The van der Waals surface area contributed by atoms with Gasteiger partial charge in [0.1, 0.15) is 8.07 Å². The van der Waals surface area contributed by atoms with Gasteiger partial charge in [0.2, 0.25) is 0 Å². The van der Waals surface area contributed by atoms with E-state index in [2.05, 4.69) is 227 Å². The van der Waals surface area contributed by atoms with Crippen LogP contribution in [0.25, 0.3) is 105 Å². The highest BCUT2D eigenvalue weighted by Gasteiger charge is 2.39. The summed E-state index contributed by atoms with van der Waals surface area (Å²) in [5, 5.41) is 10.7. The lowest BCUT2D eigenvalue weighted by molar-refractivity contribution is 1.17. The van der Waals surface area contributed by atoms with Gasteiger partial charge in [-0.2, -0.15) is 0 Å². The molecule has 0 fully saturated rings. The molecule has 0 radical (unpaired) electrons. The second kappa shape index (κ2) is 12.3. The third-order valence-corrected chi connectivity index (χ3v) is 17.0. The van der Waals surface area contributed by atoms with Crippen molar-refractivity contribution in [3.63, 3.8) is 0 Å². The average Bonchev–Trinajstić information content (AvgIpc) is 4.00. The van der Waals surface area contributed by atoms with Gasteiger partial charge in [-0.1, -0.05) is 147 Å². The Morgan fingerprint density at radius 2 is 0.833 bits per heavy atom. The maximum absolute atomic E-state index is 2.55. The summed E-state index contributed by atoms with van der Waals surface area (Å²) < 4.78 is 7.45. The zero-order valence-corrected chi connectivity index (χ0v) is 34.4. The molecule has 0 bridgehead atoms. The maximum atomic E-state index is 2.55. The average molecular weight is 782 g/mol. The lowest BCUT2D eigenvalue weighted by Crippen LogP contribution is -2.49. The fraction of sp³-hybridized carbons (Fsp3) is 0.0357. The third kappa shape index (κ3) is 4.43. The van der Waals surface area contributed by atoms with Crippen LogP contribution in [0.4, 0.5) is 0 Å². The Morgan fingerprint density at radius 3 is 1.55 bits per heavy atom. The summed E-state index contributed by atoms with van der Waals surface area (Å²) in [6, 6.07) is 74.4. The molecule has 0 spiro atoms. The molecular weight excluding hydrogens is 743 g/mol. The summed E-state index contributed by atoms with van der Waals surface area (Å²) >= 11 is 0. The molecule has 4 heteroatoms. The fourth-order valence-corrected chi connectivity index (χ4v) is 14.0. The van der Waals surface area contributed by atoms with E-state index in [0.717, 1.165) is 0 Å². The van der Waals surface area contributed by atoms with Crippen molar-refractivity contribution in [2.24, 2.45) is 0 Å². The van der Waals surface area contributed by atoms with E-state index in [1.54, 1.807) is 0 Å². The number of hydrogen-bond acceptors (Lipinski definition) is 0. The highest BCUT2D eigenvalue weighted by atomic mass is 28.3. The van der Waals surface area contributed by atoms with E-state index in [4.69, 9.17) is 0 Å². The van der Waals surface area contributed by atoms with Crippen LogP contribution in [-0.2, 0) is 0 Å². The lowest BCUT2D eigenvalue weighted by Gasteiger charge is -2.19. The van der Waals surface area contributed by atoms with Gasteiger partial charge in [0, 0.05) is 49.1 Å². The minimum atomic E-state index is -1.87. The summed E-state index contributed by atoms with van der Waals surface area (Å²) in [6.45, 7) is 5.01. The van der Waals surface area contributed by atoms with Crippen LogP contribution in [0.15, 0.2) is 200 Å². The van der Waals surface area contributed by atoms with Gasteiger partial charge in [0.05, 0.1) is 44.5 Å². The van der Waals surface area contributed by atoms with Crippen molar-refractivity contribution in [1.29, 1.82) is 0 Å². The van der Waals surface area contributed by atoms with Gasteiger partial charge in [-0.15, -0.1) is 0 Å². The third-order valence-electron chi connectivity index (χ3n) is 13.4. The Hall–Kier alpha value is -7.40. The molecule has 0 aliphatic carbocycles. The SMILES string of the molecule is C[Si]1(C)c2ccccc2-c2c(-n3c4ccccc4c4c5c6ccccc6n(-c6ccccc6-c6ccc7c(c6)c6ccccc6n7-c6ccccc6)c5ccc43)cccc21. The van der Waals surface area contributed by atoms with Crippen molar-refractivity contribution in [1.82, 2.24) is 13.7 Å². The van der Waals surface area contributed by atoms with Gasteiger partial charge in [0.25, 0.3) is 0 Å². The van der Waals surface area contributed by atoms with Crippen molar-refractivity contribution in [2.75, 3.05) is 0 Å². The van der Waals surface area contributed by atoms with Crippen LogP contribution in [0.1, 0.15) is 0 Å². The number of fused-ring (bicyclic) bond motifs is 13. The highest BCUT2D eigenvalue weighted by Crippen LogP contribution is 2.45. The van der Waals surface area contributed by atoms with Crippen LogP contribution < -0.4 is 10.4 Å². The predicted octanol–water partition coefficient (Wildman–Crippen LogP) is 13.4. The number of aromatic nitrogens is 3. The van der Waals surface area contributed by atoms with E-state index in [9.17, 15) is 0 Å². The molecule has 12 aromatic rings. The van der Waals surface area contributed by atoms with Gasteiger partial charge >= 0.3 is 0 Å². The van der Waals surface area contributed by atoms with Crippen LogP contribution in [-0.4, -0.2) is 21.8 Å². The Morgan fingerprint density at radius 1 is 0.333 bits per heavy atom. The molecule has 0 atom stereocenters. The number of para-hydroxylation sites is 5. The second-order valence-corrected chi connectivity index (χ2v) is 21.2. The number of nitrogens with zero attached hydrogens (tertiary/aromatic N) is 3. The van der Waals surface area contributed by atoms with Crippen molar-refractivity contribution in [3.8, 4) is 39.3 Å². The molecule has 3 aromatic heterocycles. The summed E-state index contributed by atoms with van der Waals surface area (Å²) in [5.74, 6) is 0. The summed E-state index contributed by atoms with van der Waals surface area (Å²) in [7, 11) is -1.87. The molecule has 9 aromatic carbocycles. The molecule has 282 valence electrons. The van der Waals surface area contributed by atoms with E-state index in [1.165, 1.54) is 115 Å². The zero-order chi connectivity index (χ0) is 39.7. The Bertz CT molecular complexity index is 3750. The van der Waals surface area contributed by atoms with E-state index >= 15 is 0 Å². The molecule has 0 unspecified atom stereocenters. The van der Waals surface area contributed by atoms with Crippen LogP contribution in [0.3, 0.4) is 0 Å². The topological polar surface area (TPSA) is 14.8 Å². The van der Waals surface area contributed by atoms with Gasteiger partial charge in [-0.3, -0.25) is 0 Å². The zero-order valence-electron chi connectivity index (χ0n) is 33.4. The molecule has 0 saturated carbocycles. The molecule has 0 N–H and O–H groups in total. The molecule has 4 heterocycles. The minimum Gasteiger partial charge on any atom is -0.309 e. The van der Waals surface area contributed by atoms with Crippen molar-refractivity contribution in [2.45, 2.75) is 13.1 Å². The minimum absolute atomic E-state index is 1.17. The predicted molar refractivity (Wildman–Crippen MR) is 257 cm³/mol. The Labute approximate surface area is 348 Å². The van der Waals surface area contributed by atoms with Gasteiger partial charge < -0.3 is 13.7 Å². The molecule has 0 saturated heterocycles. The van der Waals surface area contributed by atoms with E-state index in [1.807, 2.05) is 0 Å². The monoisotopic (exact) mass is 781 g/mol. The van der Waals surface area contributed by atoms with Crippen LogP contribution >= 0.6 is 0 Å². The van der Waals surface area contributed by atoms with Gasteiger partial charge in [-0.25, -0.2) is 0 Å². The summed E-state index contributed by atoms with van der Waals surface area (Å²) in [6.07, 6.45) is 0. The first-order valence-electron chi connectivity index (χ1n) is 21.0. The van der Waals surface area contributed by atoms with Crippen molar-refractivity contribution < 1.29 is 0 Å². The highest BCUT2D eigenvalue weighted by molar-refractivity contribution is 7.04. The van der Waals surface area contributed by atoms with Gasteiger partial charge in [-0.05, 0) is 88.2 Å². The fourth-order valence-electron chi connectivity index (χ4n) is 10.9. The van der Waals surface area contributed by atoms with E-state index in [0.29, 0.717) is 0 Å². The molecular formula is C56H39N3Si. The number of benzene rings is 9. The molecule has 1 aliphatic rings. The normalized spacial score (nSPS) is 13.3. The first kappa shape index (κ1) is 33.6. The number of hydrogen-bond donors (Lipinski definition) is 0. The van der Waals surface area contributed by atoms with Crippen molar-refractivity contribution >= 4 is 83.9 Å². The van der Waals surface area contributed by atoms with E-state index in [-0.39, 0.29) is 0 Å². The van der Waals surface area contributed by atoms with Crippen LogP contribution in [0.5, 0.6) is 0 Å². The van der Waals surface area contributed by atoms with Crippen molar-refractivity contribution in [3.05, 3.63) is 200 Å². The summed E-state index contributed by atoms with van der Waals surface area (Å²) in [4.78, 5) is 0. The smallest absolute Gasteiger partial charge is 0.113 e. The molecule has 60 heavy (non-hydrogen) atoms. The summed E-state index contributed by atoms with van der Waals surface area (Å²) in [5.41, 5.74) is 16.1. The van der Waals surface area contributed by atoms with Gasteiger partial charge in [0.15, 0.2) is 0 Å². The number of rotatable bonds is 4. The largest absolute Gasteiger partial charge is 0.309 e. The molecule has 13 rings (SSSR count). The molecule has 1 aliphatic heterocycles. The molecule has 0 amide bonds. The molecule has 3 nitrogen and oxygen atoms in total. The Balaban J connectivity index is 1.08. The second-order valence-electron chi connectivity index (χ2n) is 16.9. The first-order chi connectivity index (χ1) is 29.6.